The zero-order chi connectivity index (χ0) is 13.7. The molecule has 2 rings (SSSR count). The molecule has 0 fully saturated rings. The van der Waals surface area contributed by atoms with Gasteiger partial charge in [-0.2, -0.15) is 0 Å². The smallest absolute Gasteiger partial charge is 0.136 e. The Bertz CT molecular complexity index is 550. The Balaban J connectivity index is 1.98. The molecule has 0 aliphatic rings. The summed E-state index contributed by atoms with van der Waals surface area (Å²) in [5, 5.41) is 0. The molecule has 0 radical (unpaired) electrons. The largest absolute Gasteiger partial charge is 0.488 e. The molecule has 0 aromatic heterocycles. The monoisotopic (exact) mass is 364 g/mol. The molecule has 19 heavy (non-hydrogen) atoms. The molecule has 2 aromatic carbocycles. The summed E-state index contributed by atoms with van der Waals surface area (Å²) in [5.41, 5.74) is 3.66. The zero-order valence-electron chi connectivity index (χ0n) is 11.2. The Morgan fingerprint density at radius 1 is 1.11 bits per heavy atom. The fourth-order valence-electron chi connectivity index (χ4n) is 1.97. The predicted molar refractivity (Wildman–Crippen MR) is 89.6 cm³/mol. The summed E-state index contributed by atoms with van der Waals surface area (Å²) < 4.78 is 7.02. The van der Waals surface area contributed by atoms with Crippen LogP contribution in [-0.4, -0.2) is 6.61 Å². The molecule has 0 amide bonds. The van der Waals surface area contributed by atoms with Crippen LogP contribution in [0, 0.1) is 17.4 Å². The van der Waals surface area contributed by atoms with Gasteiger partial charge < -0.3 is 4.74 Å². The van der Waals surface area contributed by atoms with E-state index < -0.39 is 0 Å². The average molecular weight is 364 g/mol. The van der Waals surface area contributed by atoms with E-state index in [1.807, 2.05) is 24.3 Å². The van der Waals surface area contributed by atoms with Crippen molar-refractivity contribution in [1.29, 1.82) is 0 Å². The highest BCUT2D eigenvalue weighted by Crippen LogP contribution is 2.26. The first kappa shape index (κ1) is 14.1. The van der Waals surface area contributed by atoms with E-state index >= 15 is 0 Å². The summed E-state index contributed by atoms with van der Waals surface area (Å²) in [6.07, 6.45) is 4.13. The number of rotatable bonds is 4. The number of hydrogen-bond acceptors (Lipinski definition) is 1. The topological polar surface area (TPSA) is 9.23 Å². The third kappa shape index (κ3) is 4.10. The predicted octanol–water partition coefficient (Wildman–Crippen LogP) is 5.00. The van der Waals surface area contributed by atoms with Crippen LogP contribution in [0.5, 0.6) is 5.75 Å². The van der Waals surface area contributed by atoms with Gasteiger partial charge in [0.1, 0.15) is 12.4 Å². The van der Waals surface area contributed by atoms with Crippen molar-refractivity contribution in [3.05, 3.63) is 68.8 Å². The summed E-state index contributed by atoms with van der Waals surface area (Å²) in [7, 11) is 0. The van der Waals surface area contributed by atoms with Gasteiger partial charge in [0.05, 0.1) is 3.57 Å². The normalized spacial score (nSPS) is 10.9. The van der Waals surface area contributed by atoms with E-state index in [4.69, 9.17) is 4.74 Å². The maximum Gasteiger partial charge on any atom is 0.136 e. The van der Waals surface area contributed by atoms with Crippen molar-refractivity contribution in [3.63, 3.8) is 0 Å². The fraction of sp³-hybridized carbons (Fsp3) is 0.176. The van der Waals surface area contributed by atoms with Gasteiger partial charge in [0.25, 0.3) is 0 Å². The maximum absolute atomic E-state index is 5.85. The molecule has 0 heterocycles. The summed E-state index contributed by atoms with van der Waals surface area (Å²) in [5.74, 6) is 0.990. The molecule has 98 valence electrons. The molecule has 2 aromatic rings. The molecule has 0 aliphatic carbocycles. The minimum absolute atomic E-state index is 0.592. The van der Waals surface area contributed by atoms with Crippen molar-refractivity contribution in [2.24, 2.45) is 0 Å². The van der Waals surface area contributed by atoms with Crippen molar-refractivity contribution < 1.29 is 4.74 Å². The minimum atomic E-state index is 0.592. The lowest BCUT2D eigenvalue weighted by molar-refractivity contribution is 0.358. The van der Waals surface area contributed by atoms with Crippen molar-refractivity contribution in [2.75, 3.05) is 6.61 Å². The molecule has 0 N–H and O–H groups in total. The highest BCUT2D eigenvalue weighted by atomic mass is 127. The Morgan fingerprint density at radius 3 is 2.53 bits per heavy atom. The highest BCUT2D eigenvalue weighted by Gasteiger charge is 2.04. The molecule has 2 heteroatoms. The molecule has 0 saturated carbocycles. The molecule has 0 atom stereocenters. The quantitative estimate of drug-likeness (QED) is 0.694. The second kappa shape index (κ2) is 6.75. The van der Waals surface area contributed by atoms with Crippen LogP contribution in [0.25, 0.3) is 6.08 Å². The van der Waals surface area contributed by atoms with Crippen LogP contribution in [0.3, 0.4) is 0 Å². The van der Waals surface area contributed by atoms with Crippen LogP contribution in [-0.2, 0) is 0 Å². The van der Waals surface area contributed by atoms with Gasteiger partial charge in [-0.25, -0.2) is 0 Å². The van der Waals surface area contributed by atoms with E-state index in [1.165, 1.54) is 20.3 Å². The van der Waals surface area contributed by atoms with Gasteiger partial charge in [-0.1, -0.05) is 42.5 Å². The van der Waals surface area contributed by atoms with Gasteiger partial charge in [0.2, 0.25) is 0 Å². The van der Waals surface area contributed by atoms with Crippen molar-refractivity contribution in [2.45, 2.75) is 13.8 Å². The lowest BCUT2D eigenvalue weighted by Crippen LogP contribution is -1.98. The molecule has 0 bridgehead atoms. The Labute approximate surface area is 128 Å². The lowest BCUT2D eigenvalue weighted by atomic mass is 10.1. The van der Waals surface area contributed by atoms with E-state index in [1.54, 1.807) is 0 Å². The molecule has 0 spiro atoms. The van der Waals surface area contributed by atoms with Crippen LogP contribution >= 0.6 is 22.6 Å². The summed E-state index contributed by atoms with van der Waals surface area (Å²) in [4.78, 5) is 0. The number of ether oxygens (including phenoxy) is 1. The van der Waals surface area contributed by atoms with E-state index in [-0.39, 0.29) is 0 Å². The van der Waals surface area contributed by atoms with Gasteiger partial charge in [0, 0.05) is 0 Å². The summed E-state index contributed by atoms with van der Waals surface area (Å²) in [6.45, 7) is 4.79. The van der Waals surface area contributed by atoms with Gasteiger partial charge >= 0.3 is 0 Å². The molecule has 1 nitrogen and oxygen atoms in total. The Hall–Kier alpha value is -1.29. The number of hydrogen-bond donors (Lipinski definition) is 0. The third-order valence-corrected chi connectivity index (χ3v) is 3.61. The van der Waals surface area contributed by atoms with Gasteiger partial charge in [-0.15, -0.1) is 0 Å². The van der Waals surface area contributed by atoms with Crippen LogP contribution in [0.4, 0.5) is 0 Å². The first-order chi connectivity index (χ1) is 9.16. The molecular formula is C17H17IO. The van der Waals surface area contributed by atoms with Crippen molar-refractivity contribution in [1.82, 2.24) is 0 Å². The SMILES string of the molecule is Cc1cc(C)c(OC/C=C/c2ccccc2)c(I)c1. The Morgan fingerprint density at radius 2 is 1.84 bits per heavy atom. The molecular weight excluding hydrogens is 347 g/mol. The first-order valence-corrected chi connectivity index (χ1v) is 7.36. The molecule has 0 saturated heterocycles. The van der Waals surface area contributed by atoms with E-state index in [9.17, 15) is 0 Å². The fourth-order valence-corrected chi connectivity index (χ4v) is 3.04. The maximum atomic E-state index is 5.85. The van der Waals surface area contributed by atoms with E-state index in [0.29, 0.717) is 6.61 Å². The standard InChI is InChI=1S/C17H17IO/c1-13-11-14(2)17(16(18)12-13)19-10-6-9-15-7-4-3-5-8-15/h3-9,11-12H,10H2,1-2H3/b9-6+. The highest BCUT2D eigenvalue weighted by molar-refractivity contribution is 14.1. The number of halogens is 1. The summed E-state index contributed by atoms with van der Waals surface area (Å²) >= 11 is 2.33. The third-order valence-electron chi connectivity index (χ3n) is 2.81. The first-order valence-electron chi connectivity index (χ1n) is 6.28. The van der Waals surface area contributed by atoms with E-state index in [2.05, 4.69) is 66.8 Å². The zero-order valence-corrected chi connectivity index (χ0v) is 13.3. The van der Waals surface area contributed by atoms with Gasteiger partial charge in [-0.05, 0) is 65.3 Å². The van der Waals surface area contributed by atoms with Crippen molar-refractivity contribution >= 4 is 28.7 Å². The lowest BCUT2D eigenvalue weighted by Gasteiger charge is -2.10. The van der Waals surface area contributed by atoms with Gasteiger partial charge in [-0.3, -0.25) is 0 Å². The average Bonchev–Trinajstić information content (AvgIpc) is 2.38. The number of benzene rings is 2. The minimum Gasteiger partial charge on any atom is -0.488 e. The molecule has 0 unspecified atom stereocenters. The van der Waals surface area contributed by atoms with Crippen molar-refractivity contribution in [3.8, 4) is 5.75 Å². The Kier molecular flexibility index (Phi) is 5.02. The molecule has 0 aliphatic heterocycles. The van der Waals surface area contributed by atoms with E-state index in [0.717, 1.165) is 5.75 Å². The van der Waals surface area contributed by atoms with Crippen LogP contribution in [0.1, 0.15) is 16.7 Å². The van der Waals surface area contributed by atoms with Crippen LogP contribution in [0.15, 0.2) is 48.5 Å². The van der Waals surface area contributed by atoms with Crippen LogP contribution in [0.2, 0.25) is 0 Å². The summed E-state index contributed by atoms with van der Waals surface area (Å²) in [6, 6.07) is 14.5. The second-order valence-corrected chi connectivity index (χ2v) is 5.68. The van der Waals surface area contributed by atoms with Gasteiger partial charge in [0.15, 0.2) is 0 Å². The van der Waals surface area contributed by atoms with Crippen LogP contribution < -0.4 is 4.74 Å². The second-order valence-electron chi connectivity index (χ2n) is 4.52. The number of aryl methyl sites for hydroxylation is 2.